The Balaban J connectivity index is 2.50. The highest BCUT2D eigenvalue weighted by Gasteiger charge is 2.24. The number of benzene rings is 1. The number of hydrogen-bond donors (Lipinski definition) is 1. The summed E-state index contributed by atoms with van der Waals surface area (Å²) in [5.41, 5.74) is 7.56. The molecule has 130 valence electrons. The Labute approximate surface area is 141 Å². The highest BCUT2D eigenvalue weighted by atomic mass is 16.6. The summed E-state index contributed by atoms with van der Waals surface area (Å²) in [4.78, 5) is 12.3. The maximum atomic E-state index is 12.3. The molecule has 0 atom stereocenters. The van der Waals surface area contributed by atoms with Gasteiger partial charge in [-0.3, -0.25) is 0 Å². The molecule has 0 aliphatic carbocycles. The van der Waals surface area contributed by atoms with E-state index >= 15 is 0 Å². The van der Waals surface area contributed by atoms with E-state index < -0.39 is 11.7 Å². The van der Waals surface area contributed by atoms with Gasteiger partial charge in [-0.15, -0.1) is 0 Å². The lowest BCUT2D eigenvalue weighted by Gasteiger charge is -2.19. The molecule has 0 fully saturated rings. The zero-order valence-electron chi connectivity index (χ0n) is 14.8. The zero-order valence-corrected chi connectivity index (χ0v) is 14.8. The van der Waals surface area contributed by atoms with Gasteiger partial charge in [-0.1, -0.05) is 0 Å². The van der Waals surface area contributed by atoms with Gasteiger partial charge in [-0.05, 0) is 39.8 Å². The van der Waals surface area contributed by atoms with Gasteiger partial charge in [0.1, 0.15) is 22.8 Å². The topological polar surface area (TPSA) is 88.6 Å². The van der Waals surface area contributed by atoms with Gasteiger partial charge in [0.2, 0.25) is 0 Å². The molecule has 0 saturated carbocycles. The smallest absolute Gasteiger partial charge is 0.435 e. The molecule has 0 unspecified atom stereocenters. The molecular formula is C17H23N3O4. The van der Waals surface area contributed by atoms with E-state index in [9.17, 15) is 4.79 Å². The molecule has 0 spiro atoms. The van der Waals surface area contributed by atoms with E-state index in [4.69, 9.17) is 19.9 Å². The van der Waals surface area contributed by atoms with E-state index in [1.54, 1.807) is 60.1 Å². The second-order valence-corrected chi connectivity index (χ2v) is 6.31. The van der Waals surface area contributed by atoms with Gasteiger partial charge in [-0.25, -0.2) is 4.79 Å². The first kappa shape index (κ1) is 17.7. The van der Waals surface area contributed by atoms with Crippen LogP contribution in [0.2, 0.25) is 0 Å². The molecule has 1 aromatic heterocycles. The fourth-order valence-corrected chi connectivity index (χ4v) is 2.19. The average molecular weight is 333 g/mol. The van der Waals surface area contributed by atoms with E-state index in [0.29, 0.717) is 34.1 Å². The quantitative estimate of drug-likeness (QED) is 0.927. The highest BCUT2D eigenvalue weighted by Crippen LogP contribution is 2.36. The van der Waals surface area contributed by atoms with Crippen molar-refractivity contribution in [2.75, 3.05) is 20.0 Å². The van der Waals surface area contributed by atoms with Gasteiger partial charge < -0.3 is 19.9 Å². The van der Waals surface area contributed by atoms with Crippen LogP contribution in [0, 0.1) is 6.92 Å². The lowest BCUT2D eigenvalue weighted by Crippen LogP contribution is -2.28. The zero-order chi connectivity index (χ0) is 18.1. The number of methoxy groups -OCH3 is 2. The van der Waals surface area contributed by atoms with Crippen LogP contribution in [-0.4, -0.2) is 35.7 Å². The van der Waals surface area contributed by atoms with Crippen LogP contribution in [0.25, 0.3) is 11.3 Å². The maximum absolute atomic E-state index is 12.3. The maximum Gasteiger partial charge on any atom is 0.435 e. The standard InChI is InChI=1S/C17H23N3O4/c1-10-14(18)15(19-20(10)16(21)24-17(2,3)4)12-8-7-11(22-5)9-13(12)23-6/h7-9H,18H2,1-6H3. The summed E-state index contributed by atoms with van der Waals surface area (Å²) in [6.45, 7) is 7.09. The Hall–Kier alpha value is -2.70. The molecule has 0 aliphatic rings. The number of rotatable bonds is 3. The van der Waals surface area contributed by atoms with E-state index in [-0.39, 0.29) is 0 Å². The Morgan fingerprint density at radius 2 is 1.88 bits per heavy atom. The van der Waals surface area contributed by atoms with Crippen molar-refractivity contribution in [2.24, 2.45) is 0 Å². The third kappa shape index (κ3) is 3.45. The summed E-state index contributed by atoms with van der Waals surface area (Å²) in [5.74, 6) is 1.20. The first-order valence-electron chi connectivity index (χ1n) is 7.48. The monoisotopic (exact) mass is 333 g/mol. The molecule has 0 amide bonds. The van der Waals surface area contributed by atoms with Gasteiger partial charge in [0.15, 0.2) is 0 Å². The molecule has 0 radical (unpaired) electrons. The molecule has 24 heavy (non-hydrogen) atoms. The van der Waals surface area contributed by atoms with Gasteiger partial charge in [0, 0.05) is 11.6 Å². The van der Waals surface area contributed by atoms with Crippen molar-refractivity contribution in [3.63, 3.8) is 0 Å². The van der Waals surface area contributed by atoms with Crippen LogP contribution in [0.1, 0.15) is 26.5 Å². The third-order valence-electron chi connectivity index (χ3n) is 3.39. The van der Waals surface area contributed by atoms with Crippen molar-refractivity contribution in [3.8, 4) is 22.8 Å². The predicted molar refractivity (Wildman–Crippen MR) is 91.5 cm³/mol. The molecule has 7 nitrogen and oxygen atoms in total. The predicted octanol–water partition coefficient (Wildman–Crippen LogP) is 3.24. The van der Waals surface area contributed by atoms with E-state index in [2.05, 4.69) is 5.10 Å². The number of carbonyl (C=O) groups excluding carboxylic acids is 1. The number of hydrogen-bond acceptors (Lipinski definition) is 6. The Morgan fingerprint density at radius 3 is 2.42 bits per heavy atom. The molecule has 1 aromatic carbocycles. The molecule has 0 aliphatic heterocycles. The highest BCUT2D eigenvalue weighted by molar-refractivity contribution is 5.83. The molecule has 2 rings (SSSR count). The summed E-state index contributed by atoms with van der Waals surface area (Å²) in [7, 11) is 3.12. The minimum Gasteiger partial charge on any atom is -0.497 e. The summed E-state index contributed by atoms with van der Waals surface area (Å²) in [5, 5.41) is 4.32. The molecular weight excluding hydrogens is 310 g/mol. The second-order valence-electron chi connectivity index (χ2n) is 6.31. The number of nitrogens with zero attached hydrogens (tertiary/aromatic N) is 2. The third-order valence-corrected chi connectivity index (χ3v) is 3.39. The van der Waals surface area contributed by atoms with Crippen LogP contribution < -0.4 is 15.2 Å². The normalized spacial score (nSPS) is 11.2. The number of nitrogen functional groups attached to an aromatic ring is 1. The molecule has 2 aromatic rings. The molecule has 1 heterocycles. The van der Waals surface area contributed by atoms with Crippen LogP contribution in [0.4, 0.5) is 10.5 Å². The van der Waals surface area contributed by atoms with Gasteiger partial charge >= 0.3 is 6.09 Å². The molecule has 0 bridgehead atoms. The van der Waals surface area contributed by atoms with Crippen molar-refractivity contribution in [3.05, 3.63) is 23.9 Å². The minimum absolute atomic E-state index is 0.393. The number of carbonyl (C=O) groups is 1. The van der Waals surface area contributed by atoms with Gasteiger partial charge in [-0.2, -0.15) is 9.78 Å². The second kappa shape index (κ2) is 6.43. The Bertz CT molecular complexity index is 760. The summed E-state index contributed by atoms with van der Waals surface area (Å²) < 4.78 is 17.1. The summed E-state index contributed by atoms with van der Waals surface area (Å²) in [6, 6.07) is 5.30. The first-order valence-corrected chi connectivity index (χ1v) is 7.48. The lowest BCUT2D eigenvalue weighted by atomic mass is 10.1. The van der Waals surface area contributed by atoms with Crippen LogP contribution in [0.3, 0.4) is 0 Å². The number of nitrogens with two attached hydrogens (primary N) is 1. The van der Waals surface area contributed by atoms with Crippen LogP contribution in [0.15, 0.2) is 18.2 Å². The van der Waals surface area contributed by atoms with Crippen LogP contribution >= 0.6 is 0 Å². The number of aromatic nitrogens is 2. The number of anilines is 1. The van der Waals surface area contributed by atoms with Gasteiger partial charge in [0.05, 0.1) is 25.6 Å². The van der Waals surface area contributed by atoms with E-state index in [0.717, 1.165) is 0 Å². The Morgan fingerprint density at radius 1 is 1.21 bits per heavy atom. The Kier molecular flexibility index (Phi) is 4.73. The van der Waals surface area contributed by atoms with Crippen molar-refractivity contribution in [2.45, 2.75) is 33.3 Å². The summed E-state index contributed by atoms with van der Waals surface area (Å²) >= 11 is 0. The fraction of sp³-hybridized carbons (Fsp3) is 0.412. The van der Waals surface area contributed by atoms with Gasteiger partial charge in [0.25, 0.3) is 0 Å². The molecule has 7 heteroatoms. The largest absolute Gasteiger partial charge is 0.497 e. The van der Waals surface area contributed by atoms with Crippen molar-refractivity contribution >= 4 is 11.8 Å². The van der Waals surface area contributed by atoms with E-state index in [1.807, 2.05) is 0 Å². The average Bonchev–Trinajstić information content (AvgIpc) is 2.81. The SMILES string of the molecule is COc1ccc(-c2nn(C(=O)OC(C)(C)C)c(C)c2N)c(OC)c1. The molecule has 0 saturated heterocycles. The fourth-order valence-electron chi connectivity index (χ4n) is 2.19. The van der Waals surface area contributed by atoms with E-state index in [1.165, 1.54) is 4.68 Å². The van der Waals surface area contributed by atoms with Crippen molar-refractivity contribution in [1.29, 1.82) is 0 Å². The van der Waals surface area contributed by atoms with Crippen LogP contribution in [-0.2, 0) is 4.74 Å². The molecule has 2 N–H and O–H groups in total. The first-order chi connectivity index (χ1) is 11.2. The van der Waals surface area contributed by atoms with Crippen LogP contribution in [0.5, 0.6) is 11.5 Å². The summed E-state index contributed by atoms with van der Waals surface area (Å²) in [6.07, 6.45) is -0.578. The van der Waals surface area contributed by atoms with Crippen molar-refractivity contribution < 1.29 is 19.0 Å². The van der Waals surface area contributed by atoms with Crippen molar-refractivity contribution in [1.82, 2.24) is 9.78 Å². The number of ether oxygens (including phenoxy) is 3. The minimum atomic E-state index is -0.623. The lowest BCUT2D eigenvalue weighted by molar-refractivity contribution is 0.0511.